The van der Waals surface area contributed by atoms with Gasteiger partial charge in [0.1, 0.15) is 0 Å². The van der Waals surface area contributed by atoms with Crippen molar-refractivity contribution in [3.8, 4) is 22.8 Å². The number of aromatic nitrogens is 8. The molecule has 162 valence electrons. The van der Waals surface area contributed by atoms with Gasteiger partial charge in [-0.05, 0) is 46.5 Å². The van der Waals surface area contributed by atoms with Crippen molar-refractivity contribution in [2.24, 2.45) is 0 Å². The largest absolute Gasteiger partial charge is 0.225 e. The maximum absolute atomic E-state index is 4.22. The van der Waals surface area contributed by atoms with Crippen LogP contribution in [0.25, 0.3) is 22.8 Å². The van der Waals surface area contributed by atoms with Gasteiger partial charge in [0.25, 0.3) is 0 Å². The Hall–Kier alpha value is -1.68. The highest BCUT2D eigenvalue weighted by Crippen LogP contribution is 2.22. The Labute approximate surface area is 194 Å². The average molecular weight is 540 g/mol. The Morgan fingerprint density at radius 2 is 0.967 bits per heavy atom. The fraction of sp³-hybridized carbons (Fsp3) is 0.600. The second-order valence-corrected chi connectivity index (χ2v) is 8.82. The fourth-order valence-electron chi connectivity index (χ4n) is 3.31. The standard InChI is InChI=1S/C20H28Br2N8/c21-13-5-1-3-7-15-29-19(23-25-27-29)17-9-11-18(12-10-17)20-24-26-28-30(20)16-8-4-2-6-14-22/h9-12H,1-8,13-16H2. The van der Waals surface area contributed by atoms with Crippen molar-refractivity contribution in [3.05, 3.63) is 24.3 Å². The van der Waals surface area contributed by atoms with Crippen LogP contribution in [0.3, 0.4) is 0 Å². The lowest BCUT2D eigenvalue weighted by molar-refractivity contribution is 0.532. The second kappa shape index (κ2) is 12.9. The van der Waals surface area contributed by atoms with Crippen LogP contribution >= 0.6 is 31.9 Å². The summed E-state index contributed by atoms with van der Waals surface area (Å²) >= 11 is 6.95. The zero-order chi connectivity index (χ0) is 21.0. The van der Waals surface area contributed by atoms with Gasteiger partial charge in [-0.3, -0.25) is 0 Å². The SMILES string of the molecule is BrCCCCCCn1nnnc1-c1ccc(-c2nnnn2CCCCCCBr)cc1. The predicted molar refractivity (Wildman–Crippen MR) is 125 cm³/mol. The minimum atomic E-state index is 0.799. The molecule has 2 heterocycles. The Balaban J connectivity index is 1.60. The summed E-state index contributed by atoms with van der Waals surface area (Å²) in [7, 11) is 0. The maximum atomic E-state index is 4.22. The molecule has 0 aliphatic carbocycles. The van der Waals surface area contributed by atoms with Crippen molar-refractivity contribution >= 4 is 31.9 Å². The van der Waals surface area contributed by atoms with Gasteiger partial charge in [0.15, 0.2) is 11.6 Å². The fourth-order valence-corrected chi connectivity index (χ4v) is 4.10. The molecule has 0 atom stereocenters. The summed E-state index contributed by atoms with van der Waals surface area (Å²) in [5, 5.41) is 26.6. The molecule has 0 bridgehead atoms. The smallest absolute Gasteiger partial charge is 0.182 e. The van der Waals surface area contributed by atoms with Crippen LogP contribution in [0.5, 0.6) is 0 Å². The monoisotopic (exact) mass is 538 g/mol. The number of halogens is 2. The first-order valence-corrected chi connectivity index (χ1v) is 12.8. The molecule has 10 heteroatoms. The third-order valence-electron chi connectivity index (χ3n) is 4.97. The molecule has 1 aromatic carbocycles. The molecule has 0 radical (unpaired) electrons. The third-order valence-corrected chi connectivity index (χ3v) is 6.09. The Kier molecular flexibility index (Phi) is 9.88. The van der Waals surface area contributed by atoms with E-state index < -0.39 is 0 Å². The number of tetrazole rings is 2. The first kappa shape index (κ1) is 23.0. The predicted octanol–water partition coefficient (Wildman–Crippen LogP) is 4.90. The highest BCUT2D eigenvalue weighted by molar-refractivity contribution is 9.09. The molecule has 0 saturated heterocycles. The van der Waals surface area contributed by atoms with E-state index in [-0.39, 0.29) is 0 Å². The van der Waals surface area contributed by atoms with Crippen LogP contribution in [-0.4, -0.2) is 51.1 Å². The number of hydrogen-bond donors (Lipinski definition) is 0. The first-order chi connectivity index (χ1) is 14.8. The lowest BCUT2D eigenvalue weighted by Gasteiger charge is -2.07. The number of unbranched alkanes of at least 4 members (excludes halogenated alkanes) is 6. The minimum Gasteiger partial charge on any atom is -0.225 e. The summed E-state index contributed by atoms with van der Waals surface area (Å²) in [6, 6.07) is 8.16. The normalized spacial score (nSPS) is 11.3. The highest BCUT2D eigenvalue weighted by Gasteiger charge is 2.12. The molecule has 0 aliphatic heterocycles. The van der Waals surface area contributed by atoms with E-state index in [2.05, 4.69) is 62.9 Å². The van der Waals surface area contributed by atoms with Crippen molar-refractivity contribution in [3.63, 3.8) is 0 Å². The molecule has 0 saturated carbocycles. The van der Waals surface area contributed by atoms with Gasteiger partial charge >= 0.3 is 0 Å². The van der Waals surface area contributed by atoms with E-state index in [1.165, 1.54) is 38.5 Å². The van der Waals surface area contributed by atoms with E-state index in [1.54, 1.807) is 0 Å². The van der Waals surface area contributed by atoms with Gasteiger partial charge in [-0.25, -0.2) is 9.36 Å². The zero-order valence-corrected chi connectivity index (χ0v) is 20.3. The molecule has 30 heavy (non-hydrogen) atoms. The summed E-state index contributed by atoms with van der Waals surface area (Å²) in [4.78, 5) is 0. The summed E-state index contributed by atoms with van der Waals surface area (Å²) in [5.41, 5.74) is 2.00. The topological polar surface area (TPSA) is 87.2 Å². The van der Waals surface area contributed by atoms with Crippen molar-refractivity contribution in [1.29, 1.82) is 0 Å². The first-order valence-electron chi connectivity index (χ1n) is 10.6. The van der Waals surface area contributed by atoms with E-state index in [0.717, 1.165) is 59.4 Å². The van der Waals surface area contributed by atoms with E-state index in [0.29, 0.717) is 0 Å². The average Bonchev–Trinajstić information content (AvgIpc) is 3.43. The minimum absolute atomic E-state index is 0.799. The van der Waals surface area contributed by atoms with Crippen molar-refractivity contribution in [2.45, 2.75) is 64.5 Å². The van der Waals surface area contributed by atoms with E-state index >= 15 is 0 Å². The van der Waals surface area contributed by atoms with Crippen LogP contribution in [0.2, 0.25) is 0 Å². The molecule has 2 aromatic heterocycles. The quantitative estimate of drug-likeness (QED) is 0.214. The summed E-state index contributed by atoms with van der Waals surface area (Å²) in [5.74, 6) is 1.60. The van der Waals surface area contributed by atoms with E-state index in [9.17, 15) is 0 Å². The van der Waals surface area contributed by atoms with Crippen LogP contribution in [-0.2, 0) is 13.1 Å². The molecule has 8 nitrogen and oxygen atoms in total. The second-order valence-electron chi connectivity index (χ2n) is 7.24. The Morgan fingerprint density at radius 3 is 1.37 bits per heavy atom. The molecule has 3 aromatic rings. The number of aryl methyl sites for hydroxylation is 2. The molecular weight excluding hydrogens is 512 g/mol. The summed E-state index contributed by atoms with van der Waals surface area (Å²) < 4.78 is 3.78. The summed E-state index contributed by atoms with van der Waals surface area (Å²) in [6.07, 6.45) is 9.39. The van der Waals surface area contributed by atoms with Crippen LogP contribution in [0.1, 0.15) is 51.4 Å². The van der Waals surface area contributed by atoms with Crippen molar-refractivity contribution in [2.75, 3.05) is 10.7 Å². The van der Waals surface area contributed by atoms with Gasteiger partial charge in [0.2, 0.25) is 0 Å². The van der Waals surface area contributed by atoms with Gasteiger partial charge in [-0.15, -0.1) is 10.2 Å². The molecule has 0 spiro atoms. The molecule has 0 aliphatic rings. The number of alkyl halides is 2. The number of nitrogens with zero attached hydrogens (tertiary/aromatic N) is 8. The molecule has 0 unspecified atom stereocenters. The molecule has 0 amide bonds. The number of benzene rings is 1. The lowest BCUT2D eigenvalue weighted by Crippen LogP contribution is -2.04. The number of hydrogen-bond acceptors (Lipinski definition) is 6. The van der Waals surface area contributed by atoms with E-state index in [4.69, 9.17) is 0 Å². The van der Waals surface area contributed by atoms with Crippen LogP contribution in [0, 0.1) is 0 Å². The summed E-state index contributed by atoms with van der Waals surface area (Å²) in [6.45, 7) is 1.67. The van der Waals surface area contributed by atoms with Gasteiger partial charge < -0.3 is 0 Å². The highest BCUT2D eigenvalue weighted by atomic mass is 79.9. The van der Waals surface area contributed by atoms with Crippen LogP contribution in [0.4, 0.5) is 0 Å². The van der Waals surface area contributed by atoms with Gasteiger partial charge in [-0.2, -0.15) is 0 Å². The van der Waals surface area contributed by atoms with Gasteiger partial charge in [0, 0.05) is 34.9 Å². The molecular formula is C20H28Br2N8. The zero-order valence-electron chi connectivity index (χ0n) is 17.1. The van der Waals surface area contributed by atoms with Crippen LogP contribution in [0.15, 0.2) is 24.3 Å². The van der Waals surface area contributed by atoms with Crippen molar-refractivity contribution < 1.29 is 0 Å². The molecule has 0 N–H and O–H groups in total. The molecule has 0 fully saturated rings. The maximum Gasteiger partial charge on any atom is 0.182 e. The Bertz CT molecular complexity index is 791. The molecule has 3 rings (SSSR count). The van der Waals surface area contributed by atoms with Crippen LogP contribution < -0.4 is 0 Å². The van der Waals surface area contributed by atoms with Gasteiger partial charge in [0.05, 0.1) is 0 Å². The van der Waals surface area contributed by atoms with E-state index in [1.807, 2.05) is 33.6 Å². The van der Waals surface area contributed by atoms with Crippen molar-refractivity contribution in [1.82, 2.24) is 40.4 Å². The third kappa shape index (κ3) is 6.66. The number of rotatable bonds is 14. The lowest BCUT2D eigenvalue weighted by atomic mass is 10.1. The van der Waals surface area contributed by atoms with Gasteiger partial charge in [-0.1, -0.05) is 81.8 Å². The Morgan fingerprint density at radius 1 is 0.567 bits per heavy atom.